The molecule has 1 aromatic carbocycles. The number of nitrogens with zero attached hydrogens (tertiary/aromatic N) is 3. The Labute approximate surface area is 179 Å². The maximum atomic E-state index is 12.9. The standard InChI is InChI=1S/C20H25ClN4O3S/c1-20(2,3)28-19(27)25-9-7-24(8-10-25)17(26)14-5-4-6-15(11-14)22-12-16-13-23-18(21)29-16/h4-6,11,13,22H,7-10,12H2,1-3H3. The Hall–Kier alpha value is -2.32. The van der Waals surface area contributed by atoms with Crippen molar-refractivity contribution in [3.63, 3.8) is 0 Å². The smallest absolute Gasteiger partial charge is 0.410 e. The van der Waals surface area contributed by atoms with Gasteiger partial charge >= 0.3 is 6.09 Å². The van der Waals surface area contributed by atoms with Crippen LogP contribution in [0.3, 0.4) is 0 Å². The number of carbonyl (C=O) groups excluding carboxylic acids is 2. The fourth-order valence-corrected chi connectivity index (χ4v) is 3.84. The summed E-state index contributed by atoms with van der Waals surface area (Å²) in [5.41, 5.74) is 0.943. The minimum absolute atomic E-state index is 0.0432. The normalized spacial score (nSPS) is 14.6. The van der Waals surface area contributed by atoms with E-state index in [1.165, 1.54) is 11.3 Å². The summed E-state index contributed by atoms with van der Waals surface area (Å²) in [5, 5.41) is 3.29. The minimum atomic E-state index is -0.526. The van der Waals surface area contributed by atoms with E-state index in [1.807, 2.05) is 39.0 Å². The summed E-state index contributed by atoms with van der Waals surface area (Å²) in [5.74, 6) is -0.0432. The van der Waals surface area contributed by atoms with Crippen molar-refractivity contribution in [3.05, 3.63) is 45.4 Å². The maximum absolute atomic E-state index is 12.9. The highest BCUT2D eigenvalue weighted by atomic mass is 35.5. The number of aromatic nitrogens is 1. The van der Waals surface area contributed by atoms with Gasteiger partial charge in [0.25, 0.3) is 5.91 Å². The molecule has 0 unspecified atom stereocenters. The SMILES string of the molecule is CC(C)(C)OC(=O)N1CCN(C(=O)c2cccc(NCc3cnc(Cl)s3)c2)CC1. The predicted octanol–water partition coefficient (Wildman–Crippen LogP) is 4.10. The monoisotopic (exact) mass is 436 g/mol. The number of benzene rings is 1. The Morgan fingerprint density at radius 1 is 1.21 bits per heavy atom. The highest BCUT2D eigenvalue weighted by molar-refractivity contribution is 7.15. The van der Waals surface area contributed by atoms with Crippen molar-refractivity contribution in [3.8, 4) is 0 Å². The number of carbonyl (C=O) groups is 2. The third kappa shape index (κ3) is 6.08. The molecule has 156 valence electrons. The van der Waals surface area contributed by atoms with Gasteiger partial charge in [-0.25, -0.2) is 9.78 Å². The van der Waals surface area contributed by atoms with Crippen LogP contribution in [0.25, 0.3) is 0 Å². The number of hydrogen-bond donors (Lipinski definition) is 1. The van der Waals surface area contributed by atoms with Gasteiger partial charge in [-0.15, -0.1) is 11.3 Å². The molecule has 0 aliphatic carbocycles. The van der Waals surface area contributed by atoms with Gasteiger partial charge in [-0.3, -0.25) is 4.79 Å². The molecule has 0 spiro atoms. The molecule has 1 aliphatic heterocycles. The second-order valence-electron chi connectivity index (χ2n) is 7.77. The molecule has 1 N–H and O–H groups in total. The molecule has 29 heavy (non-hydrogen) atoms. The first kappa shape index (κ1) is 21.4. The third-order valence-electron chi connectivity index (χ3n) is 4.32. The van der Waals surface area contributed by atoms with Gasteiger partial charge in [0.2, 0.25) is 0 Å². The van der Waals surface area contributed by atoms with Crippen LogP contribution >= 0.6 is 22.9 Å². The van der Waals surface area contributed by atoms with Crippen LogP contribution in [0.5, 0.6) is 0 Å². The van der Waals surface area contributed by atoms with Gasteiger partial charge in [0, 0.05) is 48.5 Å². The molecule has 0 bridgehead atoms. The van der Waals surface area contributed by atoms with Gasteiger partial charge in [0.1, 0.15) is 5.60 Å². The van der Waals surface area contributed by atoms with Gasteiger partial charge in [-0.2, -0.15) is 0 Å². The lowest BCUT2D eigenvalue weighted by Gasteiger charge is -2.35. The quantitative estimate of drug-likeness (QED) is 0.780. The van der Waals surface area contributed by atoms with E-state index in [4.69, 9.17) is 16.3 Å². The van der Waals surface area contributed by atoms with Gasteiger partial charge < -0.3 is 19.9 Å². The maximum Gasteiger partial charge on any atom is 0.410 e. The Kier molecular flexibility index (Phi) is 6.64. The van der Waals surface area contributed by atoms with E-state index >= 15 is 0 Å². The van der Waals surface area contributed by atoms with Gasteiger partial charge in [0.15, 0.2) is 4.47 Å². The van der Waals surface area contributed by atoms with E-state index in [9.17, 15) is 9.59 Å². The Morgan fingerprint density at radius 2 is 1.90 bits per heavy atom. The van der Waals surface area contributed by atoms with E-state index in [1.54, 1.807) is 22.1 Å². The molecule has 7 nitrogen and oxygen atoms in total. The first-order valence-electron chi connectivity index (χ1n) is 9.42. The predicted molar refractivity (Wildman–Crippen MR) is 115 cm³/mol. The lowest BCUT2D eigenvalue weighted by atomic mass is 10.1. The lowest BCUT2D eigenvalue weighted by Crippen LogP contribution is -2.51. The molecule has 1 aromatic heterocycles. The largest absolute Gasteiger partial charge is 0.444 e. The zero-order chi connectivity index (χ0) is 21.0. The average Bonchev–Trinajstić information content (AvgIpc) is 3.10. The molecule has 2 amide bonds. The average molecular weight is 437 g/mol. The van der Waals surface area contributed by atoms with Crippen LogP contribution in [0, 0.1) is 0 Å². The number of rotatable bonds is 4. The first-order chi connectivity index (χ1) is 13.7. The summed E-state index contributed by atoms with van der Waals surface area (Å²) in [6.45, 7) is 8.01. The molecule has 9 heteroatoms. The molecular formula is C20H25ClN4O3S. The summed E-state index contributed by atoms with van der Waals surface area (Å²) < 4.78 is 5.91. The summed E-state index contributed by atoms with van der Waals surface area (Å²) in [4.78, 5) is 33.5. The number of nitrogens with one attached hydrogen (secondary N) is 1. The van der Waals surface area contributed by atoms with Crippen LogP contribution in [-0.4, -0.2) is 58.6 Å². The molecule has 0 atom stereocenters. The lowest BCUT2D eigenvalue weighted by molar-refractivity contribution is 0.0141. The molecule has 2 heterocycles. The Bertz CT molecular complexity index is 873. The molecule has 1 aliphatic rings. The van der Waals surface area contributed by atoms with Crippen molar-refractivity contribution in [2.75, 3.05) is 31.5 Å². The third-order valence-corrected chi connectivity index (χ3v) is 5.44. The molecule has 1 saturated heterocycles. The van der Waals surface area contributed by atoms with E-state index in [2.05, 4.69) is 10.3 Å². The number of thiazole rings is 1. The fraction of sp³-hybridized carbons (Fsp3) is 0.450. The van der Waals surface area contributed by atoms with Gasteiger partial charge in [-0.05, 0) is 39.0 Å². The van der Waals surface area contributed by atoms with E-state index in [0.717, 1.165) is 10.6 Å². The highest BCUT2D eigenvalue weighted by Gasteiger charge is 2.28. The summed E-state index contributed by atoms with van der Waals surface area (Å²) >= 11 is 7.27. The molecule has 0 radical (unpaired) electrons. The fourth-order valence-electron chi connectivity index (χ4n) is 2.92. The molecule has 2 aromatic rings. The van der Waals surface area contributed by atoms with Crippen molar-refractivity contribution >= 4 is 40.6 Å². The number of piperazine rings is 1. The topological polar surface area (TPSA) is 74.8 Å². The summed E-state index contributed by atoms with van der Waals surface area (Å²) in [7, 11) is 0. The second kappa shape index (κ2) is 9.00. The van der Waals surface area contributed by atoms with Gasteiger partial charge in [0.05, 0.1) is 6.54 Å². The van der Waals surface area contributed by atoms with Crippen LogP contribution in [0.4, 0.5) is 10.5 Å². The molecule has 3 rings (SSSR count). The van der Waals surface area contributed by atoms with E-state index in [-0.39, 0.29) is 12.0 Å². The highest BCUT2D eigenvalue weighted by Crippen LogP contribution is 2.20. The van der Waals surface area contributed by atoms with Crippen molar-refractivity contribution in [1.29, 1.82) is 0 Å². The summed E-state index contributed by atoms with van der Waals surface area (Å²) in [6, 6.07) is 7.41. The van der Waals surface area contributed by atoms with Crippen molar-refractivity contribution in [1.82, 2.24) is 14.8 Å². The number of halogens is 1. The first-order valence-corrected chi connectivity index (χ1v) is 10.6. The minimum Gasteiger partial charge on any atom is -0.444 e. The van der Waals surface area contributed by atoms with Crippen LogP contribution in [-0.2, 0) is 11.3 Å². The van der Waals surface area contributed by atoms with Crippen molar-refractivity contribution in [2.24, 2.45) is 0 Å². The van der Waals surface area contributed by atoms with Crippen LogP contribution < -0.4 is 5.32 Å². The molecule has 0 saturated carbocycles. The zero-order valence-corrected chi connectivity index (χ0v) is 18.3. The molecule has 1 fully saturated rings. The van der Waals surface area contributed by atoms with E-state index < -0.39 is 5.60 Å². The Morgan fingerprint density at radius 3 is 2.52 bits per heavy atom. The number of hydrogen-bond acceptors (Lipinski definition) is 6. The van der Waals surface area contributed by atoms with Crippen LogP contribution in [0.15, 0.2) is 30.5 Å². The van der Waals surface area contributed by atoms with Crippen molar-refractivity contribution in [2.45, 2.75) is 32.9 Å². The second-order valence-corrected chi connectivity index (χ2v) is 9.47. The van der Waals surface area contributed by atoms with Crippen LogP contribution in [0.2, 0.25) is 4.47 Å². The molecular weight excluding hydrogens is 412 g/mol. The zero-order valence-electron chi connectivity index (χ0n) is 16.8. The number of ether oxygens (including phenoxy) is 1. The van der Waals surface area contributed by atoms with Crippen LogP contribution in [0.1, 0.15) is 36.0 Å². The van der Waals surface area contributed by atoms with Gasteiger partial charge in [-0.1, -0.05) is 17.7 Å². The summed E-state index contributed by atoms with van der Waals surface area (Å²) in [6.07, 6.45) is 1.40. The number of anilines is 1. The Balaban J connectivity index is 1.55. The van der Waals surface area contributed by atoms with Crippen molar-refractivity contribution < 1.29 is 14.3 Å². The van der Waals surface area contributed by atoms with E-state index in [0.29, 0.717) is 42.8 Å². The number of amides is 2.